The number of carboxylic acids is 1. The van der Waals surface area contributed by atoms with E-state index in [0.29, 0.717) is 25.8 Å². The molecule has 4 amide bonds. The summed E-state index contributed by atoms with van der Waals surface area (Å²) in [6.07, 6.45) is 20.3. The van der Waals surface area contributed by atoms with E-state index in [9.17, 15) is 29.1 Å². The van der Waals surface area contributed by atoms with Crippen molar-refractivity contribution in [1.29, 1.82) is 0 Å². The van der Waals surface area contributed by atoms with Crippen molar-refractivity contribution in [3.63, 3.8) is 0 Å². The highest BCUT2D eigenvalue weighted by molar-refractivity contribution is 5.95. The van der Waals surface area contributed by atoms with Gasteiger partial charge >= 0.3 is 5.97 Å². The number of aliphatic carboxylic acids is 1. The van der Waals surface area contributed by atoms with Gasteiger partial charge in [-0.25, -0.2) is 4.79 Å². The van der Waals surface area contributed by atoms with Crippen LogP contribution < -0.4 is 16.0 Å². The highest BCUT2D eigenvalue weighted by atomic mass is 16.4. The van der Waals surface area contributed by atoms with Crippen molar-refractivity contribution in [3.05, 3.63) is 35.9 Å². The number of carbonyl (C=O) groups is 5. The van der Waals surface area contributed by atoms with E-state index in [1.807, 2.05) is 6.07 Å². The first-order chi connectivity index (χ1) is 23.1. The van der Waals surface area contributed by atoms with Gasteiger partial charge in [0.1, 0.15) is 24.2 Å². The van der Waals surface area contributed by atoms with E-state index in [2.05, 4.69) is 22.9 Å². The minimum atomic E-state index is -1.15. The van der Waals surface area contributed by atoms with Gasteiger partial charge < -0.3 is 26.0 Å². The van der Waals surface area contributed by atoms with Crippen LogP contribution in [-0.2, 0) is 30.4 Å². The molecule has 0 bridgehead atoms. The Balaban J connectivity index is 1.62. The maximum Gasteiger partial charge on any atom is 0.326 e. The van der Waals surface area contributed by atoms with E-state index >= 15 is 0 Å². The molecule has 0 aliphatic carbocycles. The highest BCUT2D eigenvalue weighted by Gasteiger charge is 2.38. The molecule has 2 rings (SSSR count). The minimum absolute atomic E-state index is 0.123. The van der Waals surface area contributed by atoms with Crippen LogP contribution in [0.5, 0.6) is 0 Å². The van der Waals surface area contributed by atoms with Crippen molar-refractivity contribution < 1.29 is 29.1 Å². The van der Waals surface area contributed by atoms with E-state index < -0.39 is 47.9 Å². The van der Waals surface area contributed by atoms with Crippen molar-refractivity contribution in [3.8, 4) is 0 Å². The van der Waals surface area contributed by atoms with Gasteiger partial charge in [0.15, 0.2) is 0 Å². The zero-order valence-corrected chi connectivity index (χ0v) is 29.8. The summed E-state index contributed by atoms with van der Waals surface area (Å²) in [5.41, 5.74) is 0.775. The zero-order valence-electron chi connectivity index (χ0n) is 29.8. The summed E-state index contributed by atoms with van der Waals surface area (Å²) in [7, 11) is 0. The summed E-state index contributed by atoms with van der Waals surface area (Å²) in [5.74, 6) is -2.77. The topological polar surface area (TPSA) is 145 Å². The van der Waals surface area contributed by atoms with Gasteiger partial charge in [-0.1, -0.05) is 127 Å². The zero-order chi connectivity index (χ0) is 35.1. The molecule has 1 fully saturated rings. The van der Waals surface area contributed by atoms with Crippen molar-refractivity contribution in [2.24, 2.45) is 0 Å². The molecule has 0 radical (unpaired) electrons. The fourth-order valence-electron chi connectivity index (χ4n) is 6.31. The van der Waals surface area contributed by atoms with Gasteiger partial charge in [-0.05, 0) is 38.7 Å². The quantitative estimate of drug-likeness (QED) is 0.0931. The maximum atomic E-state index is 13.2. The molecule has 0 aromatic heterocycles. The Morgan fingerprint density at radius 3 is 1.83 bits per heavy atom. The van der Waals surface area contributed by atoms with Crippen molar-refractivity contribution in [1.82, 2.24) is 20.9 Å². The molecule has 1 aromatic carbocycles. The number of benzene rings is 1. The second-order valence-electron chi connectivity index (χ2n) is 13.5. The van der Waals surface area contributed by atoms with Crippen LogP contribution in [0.4, 0.5) is 0 Å². The molecule has 4 N–H and O–H groups in total. The van der Waals surface area contributed by atoms with E-state index in [-0.39, 0.29) is 12.3 Å². The Morgan fingerprint density at radius 1 is 0.750 bits per heavy atom. The van der Waals surface area contributed by atoms with Crippen LogP contribution in [0.15, 0.2) is 30.3 Å². The van der Waals surface area contributed by atoms with E-state index in [1.54, 1.807) is 38.1 Å². The lowest BCUT2D eigenvalue weighted by Crippen LogP contribution is -2.56. The third-order valence-corrected chi connectivity index (χ3v) is 9.24. The smallest absolute Gasteiger partial charge is 0.326 e. The molecule has 4 atom stereocenters. The Hall–Kier alpha value is -3.43. The number of unbranched alkanes of at least 4 members (excludes halogenated alkanes) is 14. The molecular formula is C38H62N4O6. The number of likely N-dealkylation sites (tertiary alicyclic amines) is 1. The van der Waals surface area contributed by atoms with Gasteiger partial charge in [0.25, 0.3) is 0 Å². The number of hydrogen-bond donors (Lipinski definition) is 4. The first-order valence-corrected chi connectivity index (χ1v) is 18.6. The number of rotatable bonds is 25. The van der Waals surface area contributed by atoms with Crippen LogP contribution in [-0.4, -0.2) is 70.3 Å². The summed E-state index contributed by atoms with van der Waals surface area (Å²) < 4.78 is 0. The average molecular weight is 671 g/mol. The third kappa shape index (κ3) is 16.1. The van der Waals surface area contributed by atoms with Crippen LogP contribution in [0.25, 0.3) is 0 Å². The number of hydrogen-bond acceptors (Lipinski definition) is 5. The largest absolute Gasteiger partial charge is 0.480 e. The molecule has 1 saturated heterocycles. The average Bonchev–Trinajstić information content (AvgIpc) is 3.56. The lowest BCUT2D eigenvalue weighted by Gasteiger charge is -2.28. The van der Waals surface area contributed by atoms with Crippen LogP contribution >= 0.6 is 0 Å². The van der Waals surface area contributed by atoms with E-state index in [0.717, 1.165) is 24.8 Å². The minimum Gasteiger partial charge on any atom is -0.480 e. The second kappa shape index (κ2) is 23.8. The standard InChI is InChI=1S/C38H62N4O6/c1-4-5-6-7-8-9-10-11-12-13-14-15-16-17-21-26-34(43)39-29(2)35(44)40-30(3)37(46)42-27-22-25-33(42)36(45)41-32(38(47)48)28-31-23-19-18-20-24-31/h18-20,23-24,29-30,32-33H,4-17,21-22,25-28H2,1-3H3,(H,39,43)(H,40,44)(H,41,45)(H,47,48)/t29-,30-,32-,33-/m0/s1. The van der Waals surface area contributed by atoms with Gasteiger partial charge in [0.2, 0.25) is 23.6 Å². The normalized spacial score (nSPS) is 16.1. The number of carbonyl (C=O) groups excluding carboxylic acids is 4. The Bertz CT molecular complexity index is 1110. The molecule has 1 aromatic rings. The molecule has 0 unspecified atom stereocenters. The summed E-state index contributed by atoms with van der Waals surface area (Å²) >= 11 is 0. The molecule has 1 aliphatic rings. The van der Waals surface area contributed by atoms with Crippen LogP contribution in [0.2, 0.25) is 0 Å². The van der Waals surface area contributed by atoms with Gasteiger partial charge in [-0.15, -0.1) is 0 Å². The van der Waals surface area contributed by atoms with Crippen LogP contribution in [0.3, 0.4) is 0 Å². The molecular weight excluding hydrogens is 608 g/mol. The highest BCUT2D eigenvalue weighted by Crippen LogP contribution is 2.19. The Labute approximate surface area is 288 Å². The Morgan fingerprint density at radius 2 is 1.29 bits per heavy atom. The van der Waals surface area contributed by atoms with Crippen LogP contribution in [0, 0.1) is 0 Å². The number of nitrogens with one attached hydrogen (secondary N) is 3. The van der Waals surface area contributed by atoms with Gasteiger partial charge in [0.05, 0.1) is 0 Å². The molecule has 10 heteroatoms. The predicted molar refractivity (Wildman–Crippen MR) is 189 cm³/mol. The first kappa shape index (κ1) is 40.7. The lowest BCUT2D eigenvalue weighted by atomic mass is 10.0. The number of nitrogens with zero attached hydrogens (tertiary/aromatic N) is 1. The van der Waals surface area contributed by atoms with E-state index in [1.165, 1.54) is 81.9 Å². The fraction of sp³-hybridized carbons (Fsp3) is 0.711. The van der Waals surface area contributed by atoms with Gasteiger partial charge in [-0.3, -0.25) is 19.2 Å². The first-order valence-electron chi connectivity index (χ1n) is 18.6. The van der Waals surface area contributed by atoms with Crippen molar-refractivity contribution in [2.45, 2.75) is 167 Å². The molecule has 1 heterocycles. The lowest BCUT2D eigenvalue weighted by molar-refractivity contribution is -0.144. The maximum absolute atomic E-state index is 13.2. The van der Waals surface area contributed by atoms with Gasteiger partial charge in [0, 0.05) is 19.4 Å². The van der Waals surface area contributed by atoms with Crippen LogP contribution in [0.1, 0.15) is 142 Å². The Kier molecular flexibility index (Phi) is 20.2. The van der Waals surface area contributed by atoms with Crippen molar-refractivity contribution >= 4 is 29.6 Å². The van der Waals surface area contributed by atoms with Crippen molar-refractivity contribution in [2.75, 3.05) is 6.54 Å². The molecule has 1 aliphatic heterocycles. The molecule has 0 saturated carbocycles. The van der Waals surface area contributed by atoms with E-state index in [4.69, 9.17) is 0 Å². The summed E-state index contributed by atoms with van der Waals surface area (Å²) in [4.78, 5) is 64.8. The SMILES string of the molecule is CCCCCCCCCCCCCCCCCC(=O)N[C@@H](C)C(=O)N[C@@H](C)C(=O)N1CCC[C@H]1C(=O)N[C@@H](Cc1ccccc1)C(=O)O. The molecule has 270 valence electrons. The predicted octanol–water partition coefficient (Wildman–Crippen LogP) is 6.06. The second-order valence-corrected chi connectivity index (χ2v) is 13.5. The number of amides is 4. The molecule has 0 spiro atoms. The van der Waals surface area contributed by atoms with Gasteiger partial charge in [-0.2, -0.15) is 0 Å². The monoisotopic (exact) mass is 670 g/mol. The molecule has 48 heavy (non-hydrogen) atoms. The summed E-state index contributed by atoms with van der Waals surface area (Å²) in [5, 5.41) is 17.7. The summed E-state index contributed by atoms with van der Waals surface area (Å²) in [6, 6.07) is 5.35. The number of carboxylic acid groups (broad SMARTS) is 1. The summed E-state index contributed by atoms with van der Waals surface area (Å²) in [6.45, 7) is 5.72. The third-order valence-electron chi connectivity index (χ3n) is 9.24. The fourth-order valence-corrected chi connectivity index (χ4v) is 6.31. The molecule has 10 nitrogen and oxygen atoms in total.